The summed E-state index contributed by atoms with van der Waals surface area (Å²) < 4.78 is 1.90. The van der Waals surface area contributed by atoms with Gasteiger partial charge in [0.1, 0.15) is 5.56 Å². The van der Waals surface area contributed by atoms with Gasteiger partial charge in [-0.25, -0.2) is 4.79 Å². The van der Waals surface area contributed by atoms with Crippen molar-refractivity contribution < 1.29 is 9.90 Å². The molecule has 1 heterocycles. The van der Waals surface area contributed by atoms with Gasteiger partial charge in [-0.05, 0) is 24.5 Å². The van der Waals surface area contributed by atoms with E-state index in [1.54, 1.807) is 12.1 Å². The van der Waals surface area contributed by atoms with E-state index in [9.17, 15) is 9.59 Å². The molecule has 1 aromatic heterocycles. The molecule has 1 aromatic carbocycles. The Morgan fingerprint density at radius 2 is 2.05 bits per heavy atom. The van der Waals surface area contributed by atoms with E-state index >= 15 is 0 Å². The fourth-order valence-corrected chi connectivity index (χ4v) is 2.41. The highest BCUT2D eigenvalue weighted by Gasteiger charge is 2.21. The number of hydrogen-bond donors (Lipinski definition) is 1. The van der Waals surface area contributed by atoms with E-state index in [1.807, 2.05) is 16.7 Å². The zero-order valence-corrected chi connectivity index (χ0v) is 10.5. The number of aryl methyl sites for hydroxylation is 1. The summed E-state index contributed by atoms with van der Waals surface area (Å²) in [5.74, 6) is -0.387. The van der Waals surface area contributed by atoms with E-state index in [1.165, 1.54) is 19.0 Å². The molecular weight excluding hydrogens is 242 g/mol. The zero-order valence-electron chi connectivity index (χ0n) is 10.5. The molecule has 0 bridgehead atoms. The summed E-state index contributed by atoms with van der Waals surface area (Å²) in [6.07, 6.45) is 5.06. The minimum Gasteiger partial charge on any atom is -0.477 e. The van der Waals surface area contributed by atoms with Gasteiger partial charge in [-0.3, -0.25) is 4.79 Å². The van der Waals surface area contributed by atoms with Gasteiger partial charge in [0, 0.05) is 18.1 Å². The molecule has 0 radical (unpaired) electrons. The SMILES string of the molecule is O=C(O)c1cn(CCC2CC2)c2ccccc2c1=O. The Bertz CT molecular complexity index is 698. The summed E-state index contributed by atoms with van der Waals surface area (Å²) in [6, 6.07) is 7.20. The van der Waals surface area contributed by atoms with Crippen LogP contribution in [-0.4, -0.2) is 15.6 Å². The predicted octanol–water partition coefficient (Wildman–Crippen LogP) is 2.50. The number of carbonyl (C=O) groups is 1. The van der Waals surface area contributed by atoms with Crippen LogP contribution in [0, 0.1) is 5.92 Å². The standard InChI is InChI=1S/C15H15NO3/c17-14-11-3-1-2-4-13(11)16(8-7-10-5-6-10)9-12(14)15(18)19/h1-4,9-10H,5-8H2,(H,18,19). The van der Waals surface area contributed by atoms with Gasteiger partial charge in [0.25, 0.3) is 0 Å². The second-order valence-corrected chi connectivity index (χ2v) is 5.12. The van der Waals surface area contributed by atoms with Gasteiger partial charge in [0.15, 0.2) is 0 Å². The molecule has 1 fully saturated rings. The van der Waals surface area contributed by atoms with Crippen LogP contribution in [0.15, 0.2) is 35.3 Å². The molecule has 0 spiro atoms. The quantitative estimate of drug-likeness (QED) is 0.915. The first kappa shape index (κ1) is 12.0. The highest BCUT2D eigenvalue weighted by Crippen LogP contribution is 2.33. The molecule has 1 aliphatic rings. The van der Waals surface area contributed by atoms with E-state index in [2.05, 4.69) is 0 Å². The number of pyridine rings is 1. The zero-order chi connectivity index (χ0) is 13.4. The van der Waals surface area contributed by atoms with Gasteiger partial charge in [-0.2, -0.15) is 0 Å². The molecule has 98 valence electrons. The summed E-state index contributed by atoms with van der Waals surface area (Å²) in [5, 5.41) is 9.61. The molecule has 1 aliphatic carbocycles. The Kier molecular flexibility index (Phi) is 2.85. The lowest BCUT2D eigenvalue weighted by Crippen LogP contribution is -2.19. The molecule has 1 saturated carbocycles. The molecule has 3 rings (SSSR count). The second-order valence-electron chi connectivity index (χ2n) is 5.12. The monoisotopic (exact) mass is 257 g/mol. The molecule has 2 aromatic rings. The number of rotatable bonds is 4. The van der Waals surface area contributed by atoms with Crippen LogP contribution >= 0.6 is 0 Å². The lowest BCUT2D eigenvalue weighted by atomic mass is 10.1. The number of benzene rings is 1. The van der Waals surface area contributed by atoms with Crippen molar-refractivity contribution in [2.75, 3.05) is 0 Å². The molecule has 19 heavy (non-hydrogen) atoms. The van der Waals surface area contributed by atoms with Crippen molar-refractivity contribution in [3.63, 3.8) is 0 Å². The molecule has 0 amide bonds. The van der Waals surface area contributed by atoms with E-state index in [-0.39, 0.29) is 5.56 Å². The fraction of sp³-hybridized carbons (Fsp3) is 0.333. The normalized spacial score (nSPS) is 14.7. The van der Waals surface area contributed by atoms with Gasteiger partial charge in [0.2, 0.25) is 5.43 Å². The third-order valence-corrected chi connectivity index (χ3v) is 3.69. The summed E-state index contributed by atoms with van der Waals surface area (Å²) in [4.78, 5) is 23.2. The van der Waals surface area contributed by atoms with Crippen molar-refractivity contribution in [2.24, 2.45) is 5.92 Å². The molecular formula is C15H15NO3. The first-order valence-corrected chi connectivity index (χ1v) is 6.52. The third kappa shape index (κ3) is 2.26. The number of carboxylic acids is 1. The summed E-state index contributed by atoms with van der Waals surface area (Å²) in [5.41, 5.74) is 0.276. The Morgan fingerprint density at radius 1 is 1.32 bits per heavy atom. The summed E-state index contributed by atoms with van der Waals surface area (Å²) in [7, 11) is 0. The number of aromatic nitrogens is 1. The topological polar surface area (TPSA) is 59.3 Å². The Morgan fingerprint density at radius 3 is 2.74 bits per heavy atom. The highest BCUT2D eigenvalue weighted by molar-refractivity contribution is 5.92. The van der Waals surface area contributed by atoms with Gasteiger partial charge in [0.05, 0.1) is 5.52 Å². The van der Waals surface area contributed by atoms with Crippen molar-refractivity contribution in [3.8, 4) is 0 Å². The van der Waals surface area contributed by atoms with Crippen LogP contribution in [0.1, 0.15) is 29.6 Å². The first-order chi connectivity index (χ1) is 9.16. The van der Waals surface area contributed by atoms with Crippen LogP contribution in [-0.2, 0) is 6.54 Å². The highest BCUT2D eigenvalue weighted by atomic mass is 16.4. The largest absolute Gasteiger partial charge is 0.477 e. The van der Waals surface area contributed by atoms with E-state index in [0.29, 0.717) is 5.39 Å². The minimum atomic E-state index is -1.16. The Labute approximate surface area is 110 Å². The van der Waals surface area contributed by atoms with E-state index < -0.39 is 11.4 Å². The van der Waals surface area contributed by atoms with Crippen molar-refractivity contribution in [3.05, 3.63) is 46.2 Å². The molecule has 4 heteroatoms. The maximum Gasteiger partial charge on any atom is 0.341 e. The first-order valence-electron chi connectivity index (χ1n) is 6.52. The van der Waals surface area contributed by atoms with Crippen LogP contribution in [0.2, 0.25) is 0 Å². The Balaban J connectivity index is 2.14. The van der Waals surface area contributed by atoms with Crippen molar-refractivity contribution in [2.45, 2.75) is 25.8 Å². The molecule has 4 nitrogen and oxygen atoms in total. The average molecular weight is 257 g/mol. The van der Waals surface area contributed by atoms with Gasteiger partial charge >= 0.3 is 5.97 Å². The summed E-state index contributed by atoms with van der Waals surface area (Å²) in [6.45, 7) is 0.770. The number of para-hydroxylation sites is 1. The smallest absolute Gasteiger partial charge is 0.341 e. The van der Waals surface area contributed by atoms with Gasteiger partial charge in [-0.1, -0.05) is 25.0 Å². The number of hydrogen-bond acceptors (Lipinski definition) is 2. The molecule has 1 N–H and O–H groups in total. The summed E-state index contributed by atoms with van der Waals surface area (Å²) >= 11 is 0. The van der Waals surface area contributed by atoms with E-state index in [4.69, 9.17) is 5.11 Å². The van der Waals surface area contributed by atoms with Crippen LogP contribution in [0.3, 0.4) is 0 Å². The Hall–Kier alpha value is -2.10. The van der Waals surface area contributed by atoms with Crippen LogP contribution in [0.4, 0.5) is 0 Å². The average Bonchev–Trinajstić information content (AvgIpc) is 3.22. The number of carboxylic acid groups (broad SMARTS) is 1. The minimum absolute atomic E-state index is 0.144. The lowest BCUT2D eigenvalue weighted by Gasteiger charge is -2.11. The van der Waals surface area contributed by atoms with Crippen molar-refractivity contribution in [1.82, 2.24) is 4.57 Å². The van der Waals surface area contributed by atoms with Crippen molar-refractivity contribution >= 4 is 16.9 Å². The third-order valence-electron chi connectivity index (χ3n) is 3.69. The van der Waals surface area contributed by atoms with Gasteiger partial charge < -0.3 is 9.67 Å². The number of nitrogens with zero attached hydrogens (tertiary/aromatic N) is 1. The maximum absolute atomic E-state index is 12.1. The van der Waals surface area contributed by atoms with Crippen molar-refractivity contribution in [1.29, 1.82) is 0 Å². The van der Waals surface area contributed by atoms with Crippen LogP contribution < -0.4 is 5.43 Å². The molecule has 0 atom stereocenters. The van der Waals surface area contributed by atoms with E-state index in [0.717, 1.165) is 24.4 Å². The number of aromatic carboxylic acids is 1. The number of fused-ring (bicyclic) bond motifs is 1. The fourth-order valence-electron chi connectivity index (χ4n) is 2.41. The predicted molar refractivity (Wildman–Crippen MR) is 72.5 cm³/mol. The molecule has 0 unspecified atom stereocenters. The van der Waals surface area contributed by atoms with Crippen LogP contribution in [0.25, 0.3) is 10.9 Å². The van der Waals surface area contributed by atoms with Gasteiger partial charge in [-0.15, -0.1) is 0 Å². The lowest BCUT2D eigenvalue weighted by molar-refractivity contribution is 0.0695. The van der Waals surface area contributed by atoms with Crippen LogP contribution in [0.5, 0.6) is 0 Å². The molecule has 0 saturated heterocycles. The second kappa shape index (κ2) is 4.53. The maximum atomic E-state index is 12.1. The molecule has 0 aliphatic heterocycles.